The summed E-state index contributed by atoms with van der Waals surface area (Å²) in [7, 11) is 0. The topological polar surface area (TPSA) is 105 Å². The van der Waals surface area contributed by atoms with Crippen LogP contribution in [0.5, 0.6) is 0 Å². The van der Waals surface area contributed by atoms with Gasteiger partial charge in [-0.1, -0.05) is 64.5 Å². The van der Waals surface area contributed by atoms with Gasteiger partial charge >= 0.3 is 5.97 Å². The molecule has 0 radical (unpaired) electrons. The number of hydrogen-bond acceptors (Lipinski definition) is 6. The number of nitrogens with one attached hydrogen (secondary N) is 2. The van der Waals surface area contributed by atoms with Crippen molar-refractivity contribution in [1.29, 1.82) is 0 Å². The largest absolute Gasteiger partial charge is 0.480 e. The Morgan fingerprint density at radius 1 is 1.06 bits per heavy atom. The number of rotatable bonds is 9. The summed E-state index contributed by atoms with van der Waals surface area (Å²) < 4.78 is 2.77. The van der Waals surface area contributed by atoms with Crippen LogP contribution in [0, 0.1) is 16.0 Å². The minimum Gasteiger partial charge on any atom is -0.480 e. The second kappa shape index (κ2) is 14.5. The molecule has 2 saturated carbocycles. The van der Waals surface area contributed by atoms with E-state index < -0.39 is 16.9 Å². The molecule has 0 amide bonds. The summed E-state index contributed by atoms with van der Waals surface area (Å²) in [5, 5.41) is 23.8. The zero-order valence-corrected chi connectivity index (χ0v) is 20.2. The Labute approximate surface area is 196 Å². The van der Waals surface area contributed by atoms with Crippen LogP contribution in [0.4, 0.5) is 5.69 Å². The van der Waals surface area contributed by atoms with Gasteiger partial charge in [0.05, 0.1) is 4.92 Å². The lowest BCUT2D eigenvalue weighted by molar-refractivity contribution is -0.387. The SMILES string of the molecule is C1CCC(NC2CCCCC2)CC1.CC(C)CC(NSc1ccccc1[N+](=O)[O-])C(=O)O. The summed E-state index contributed by atoms with van der Waals surface area (Å²) in [6, 6.07) is 7.24. The molecule has 1 aromatic carbocycles. The van der Waals surface area contributed by atoms with E-state index in [1.165, 1.54) is 70.3 Å². The fraction of sp³-hybridized carbons (Fsp3) is 0.708. The van der Waals surface area contributed by atoms with Gasteiger partial charge in [-0.15, -0.1) is 0 Å². The first-order valence-electron chi connectivity index (χ1n) is 12.0. The van der Waals surface area contributed by atoms with E-state index in [0.717, 1.165) is 24.0 Å². The zero-order valence-electron chi connectivity index (χ0n) is 19.4. The van der Waals surface area contributed by atoms with Gasteiger partial charge in [0.15, 0.2) is 0 Å². The number of para-hydroxylation sites is 1. The summed E-state index contributed by atoms with van der Waals surface area (Å²) in [5.41, 5.74) is -0.0336. The standard InChI is InChI=1S/C12H16N2O4S.C12H23N/c1-8(2)7-9(12(15)16)13-19-11-6-4-3-5-10(11)14(17)18;1-3-7-11(8-4-1)13-12-9-5-2-6-10-12/h3-6,8-9,13H,7H2,1-2H3,(H,15,16);11-13H,1-10H2. The second-order valence-corrected chi connectivity index (χ2v) is 10.2. The van der Waals surface area contributed by atoms with E-state index in [2.05, 4.69) is 10.0 Å². The number of benzene rings is 1. The fourth-order valence-corrected chi connectivity index (χ4v) is 5.23. The maximum absolute atomic E-state index is 11.1. The fourth-order valence-electron chi connectivity index (χ4n) is 4.37. The lowest BCUT2D eigenvalue weighted by atomic mass is 9.91. The summed E-state index contributed by atoms with van der Waals surface area (Å²) in [4.78, 5) is 21.8. The maximum atomic E-state index is 11.1. The smallest absolute Gasteiger partial charge is 0.321 e. The number of nitro groups is 1. The van der Waals surface area contributed by atoms with Crippen LogP contribution < -0.4 is 10.0 Å². The van der Waals surface area contributed by atoms with Gasteiger partial charge in [-0.05, 0) is 56.0 Å². The van der Waals surface area contributed by atoms with Crippen molar-refractivity contribution in [2.75, 3.05) is 0 Å². The minimum atomic E-state index is -0.959. The van der Waals surface area contributed by atoms with Gasteiger partial charge in [0.25, 0.3) is 5.69 Å². The molecule has 1 unspecified atom stereocenters. The molecule has 180 valence electrons. The van der Waals surface area contributed by atoms with E-state index in [1.807, 2.05) is 13.8 Å². The van der Waals surface area contributed by atoms with Crippen LogP contribution in [0.2, 0.25) is 0 Å². The van der Waals surface area contributed by atoms with Crippen molar-refractivity contribution in [3.05, 3.63) is 34.4 Å². The maximum Gasteiger partial charge on any atom is 0.321 e. The first kappa shape index (κ1) is 26.6. The summed E-state index contributed by atoms with van der Waals surface area (Å²) >= 11 is 0.981. The van der Waals surface area contributed by atoms with Crippen molar-refractivity contribution in [3.8, 4) is 0 Å². The van der Waals surface area contributed by atoms with Gasteiger partial charge in [0, 0.05) is 18.2 Å². The van der Waals surface area contributed by atoms with E-state index in [1.54, 1.807) is 18.2 Å². The zero-order chi connectivity index (χ0) is 23.3. The minimum absolute atomic E-state index is 0.0336. The highest BCUT2D eigenvalue weighted by Gasteiger charge is 2.21. The lowest BCUT2D eigenvalue weighted by Gasteiger charge is -2.30. The molecule has 0 spiro atoms. The Hall–Kier alpha value is -1.64. The molecule has 0 saturated heterocycles. The quantitative estimate of drug-likeness (QED) is 0.236. The molecule has 0 bridgehead atoms. The number of aliphatic carboxylic acids is 1. The number of carbonyl (C=O) groups is 1. The Kier molecular flexibility index (Phi) is 12.1. The molecular formula is C24H39N3O4S. The number of hydrogen-bond donors (Lipinski definition) is 3. The highest BCUT2D eigenvalue weighted by atomic mass is 32.2. The molecule has 7 nitrogen and oxygen atoms in total. The van der Waals surface area contributed by atoms with Gasteiger partial charge < -0.3 is 10.4 Å². The van der Waals surface area contributed by atoms with Crippen LogP contribution in [0.1, 0.15) is 84.5 Å². The molecule has 1 aromatic rings. The van der Waals surface area contributed by atoms with Crippen molar-refractivity contribution in [1.82, 2.24) is 10.0 Å². The number of nitrogens with zero attached hydrogens (tertiary/aromatic N) is 1. The molecule has 2 aliphatic carbocycles. The first-order valence-corrected chi connectivity index (χ1v) is 12.8. The molecule has 2 fully saturated rings. The van der Waals surface area contributed by atoms with Crippen LogP contribution in [0.15, 0.2) is 29.2 Å². The molecular weight excluding hydrogens is 426 g/mol. The Morgan fingerprint density at radius 3 is 2.06 bits per heavy atom. The van der Waals surface area contributed by atoms with Gasteiger partial charge in [0.1, 0.15) is 10.9 Å². The Morgan fingerprint density at radius 2 is 1.59 bits per heavy atom. The predicted molar refractivity (Wildman–Crippen MR) is 130 cm³/mol. The normalized spacial score (nSPS) is 18.6. The van der Waals surface area contributed by atoms with E-state index >= 15 is 0 Å². The molecule has 32 heavy (non-hydrogen) atoms. The molecule has 1 atom stereocenters. The molecule has 3 rings (SSSR count). The number of nitro benzene ring substituents is 1. The molecule has 2 aliphatic rings. The number of carboxylic acids is 1. The summed E-state index contributed by atoms with van der Waals surface area (Å²) in [5.74, 6) is -0.736. The van der Waals surface area contributed by atoms with E-state index in [9.17, 15) is 14.9 Å². The predicted octanol–water partition coefficient (Wildman–Crippen LogP) is 5.93. The van der Waals surface area contributed by atoms with Crippen molar-refractivity contribution in [3.63, 3.8) is 0 Å². The van der Waals surface area contributed by atoms with Gasteiger partial charge in [-0.2, -0.15) is 0 Å². The van der Waals surface area contributed by atoms with Crippen molar-refractivity contribution in [2.24, 2.45) is 5.92 Å². The Balaban J connectivity index is 0.000000242. The van der Waals surface area contributed by atoms with Crippen LogP contribution >= 0.6 is 11.9 Å². The highest BCUT2D eigenvalue weighted by molar-refractivity contribution is 7.97. The average molecular weight is 466 g/mol. The summed E-state index contributed by atoms with van der Waals surface area (Å²) in [6.07, 6.45) is 15.0. The van der Waals surface area contributed by atoms with Crippen molar-refractivity contribution >= 4 is 23.6 Å². The van der Waals surface area contributed by atoms with E-state index in [-0.39, 0.29) is 11.6 Å². The van der Waals surface area contributed by atoms with Crippen LogP contribution in [0.3, 0.4) is 0 Å². The molecule has 0 aromatic heterocycles. The van der Waals surface area contributed by atoms with Crippen molar-refractivity contribution in [2.45, 2.75) is 107 Å². The van der Waals surface area contributed by atoms with Crippen LogP contribution in [0.25, 0.3) is 0 Å². The lowest BCUT2D eigenvalue weighted by Crippen LogP contribution is -2.40. The van der Waals surface area contributed by atoms with Crippen LogP contribution in [-0.4, -0.2) is 34.1 Å². The third kappa shape index (κ3) is 9.88. The summed E-state index contributed by atoms with van der Waals surface area (Å²) in [6.45, 7) is 3.85. The third-order valence-corrected chi connectivity index (χ3v) is 7.03. The molecule has 3 N–H and O–H groups in total. The van der Waals surface area contributed by atoms with Crippen LogP contribution in [-0.2, 0) is 4.79 Å². The first-order chi connectivity index (χ1) is 15.4. The van der Waals surface area contributed by atoms with E-state index in [0.29, 0.717) is 11.3 Å². The molecule has 0 aliphatic heterocycles. The highest BCUT2D eigenvalue weighted by Crippen LogP contribution is 2.27. The second-order valence-electron chi connectivity index (χ2n) is 9.30. The molecule has 8 heteroatoms. The van der Waals surface area contributed by atoms with E-state index in [4.69, 9.17) is 5.11 Å². The molecule has 0 heterocycles. The van der Waals surface area contributed by atoms with Gasteiger partial charge in [-0.25, -0.2) is 4.72 Å². The van der Waals surface area contributed by atoms with Crippen molar-refractivity contribution < 1.29 is 14.8 Å². The third-order valence-electron chi connectivity index (χ3n) is 6.06. The Bertz CT molecular complexity index is 688. The average Bonchev–Trinajstić information content (AvgIpc) is 2.78. The number of carboxylic acid groups (broad SMARTS) is 1. The van der Waals surface area contributed by atoms with Gasteiger partial charge in [0.2, 0.25) is 0 Å². The van der Waals surface area contributed by atoms with Gasteiger partial charge in [-0.3, -0.25) is 14.9 Å². The monoisotopic (exact) mass is 465 g/mol.